The standard InChI is InChI=1S/C13H23N3O2/c1-8-10(9(2)18-15-8)7-16(6)12(17)11(14)13(3,4)5/h11H,7,14H2,1-6H3/t11-/m1/s1. The Morgan fingerprint density at radius 3 is 2.39 bits per heavy atom. The van der Waals surface area contributed by atoms with E-state index in [0.29, 0.717) is 6.54 Å². The van der Waals surface area contributed by atoms with Crippen LogP contribution >= 0.6 is 0 Å². The SMILES string of the molecule is Cc1noc(C)c1CN(C)C(=O)[C@@H](N)C(C)(C)C. The van der Waals surface area contributed by atoms with E-state index in [9.17, 15) is 4.79 Å². The number of aromatic nitrogens is 1. The van der Waals surface area contributed by atoms with Gasteiger partial charge in [0, 0.05) is 12.6 Å². The highest BCUT2D eigenvalue weighted by molar-refractivity contribution is 5.82. The highest BCUT2D eigenvalue weighted by Crippen LogP contribution is 2.20. The second-order valence-electron chi connectivity index (χ2n) is 5.84. The first-order chi connectivity index (χ1) is 8.14. The van der Waals surface area contributed by atoms with Crippen LogP contribution in [0, 0.1) is 19.3 Å². The van der Waals surface area contributed by atoms with Gasteiger partial charge in [-0.3, -0.25) is 4.79 Å². The van der Waals surface area contributed by atoms with Crippen molar-refractivity contribution in [1.82, 2.24) is 10.1 Å². The molecule has 0 spiro atoms. The molecule has 5 nitrogen and oxygen atoms in total. The first kappa shape index (κ1) is 14.7. The lowest BCUT2D eigenvalue weighted by atomic mass is 9.86. The summed E-state index contributed by atoms with van der Waals surface area (Å²) in [5, 5.41) is 3.88. The van der Waals surface area contributed by atoms with Crippen molar-refractivity contribution in [1.29, 1.82) is 0 Å². The maximum Gasteiger partial charge on any atom is 0.240 e. The predicted octanol–water partition coefficient (Wildman–Crippen LogP) is 1.62. The van der Waals surface area contributed by atoms with Gasteiger partial charge in [0.15, 0.2) is 0 Å². The molecule has 0 bridgehead atoms. The molecule has 1 rings (SSSR count). The third-order valence-corrected chi connectivity index (χ3v) is 3.15. The number of amides is 1. The van der Waals surface area contributed by atoms with Crippen LogP contribution < -0.4 is 5.73 Å². The van der Waals surface area contributed by atoms with Crippen molar-refractivity contribution in [3.8, 4) is 0 Å². The van der Waals surface area contributed by atoms with Crippen LogP contribution in [0.1, 0.15) is 37.8 Å². The van der Waals surface area contributed by atoms with Gasteiger partial charge >= 0.3 is 0 Å². The van der Waals surface area contributed by atoms with Crippen molar-refractivity contribution in [3.05, 3.63) is 17.0 Å². The Hall–Kier alpha value is -1.36. The summed E-state index contributed by atoms with van der Waals surface area (Å²) in [7, 11) is 1.75. The van der Waals surface area contributed by atoms with E-state index in [1.807, 2.05) is 34.6 Å². The number of nitrogens with two attached hydrogens (primary N) is 1. The Balaban J connectivity index is 2.78. The predicted molar refractivity (Wildman–Crippen MR) is 69.9 cm³/mol. The van der Waals surface area contributed by atoms with E-state index in [1.165, 1.54) is 0 Å². The van der Waals surface area contributed by atoms with Gasteiger partial charge in [-0.05, 0) is 19.3 Å². The van der Waals surface area contributed by atoms with Crippen LogP contribution in [-0.2, 0) is 11.3 Å². The molecule has 0 aliphatic carbocycles. The topological polar surface area (TPSA) is 72.4 Å². The van der Waals surface area contributed by atoms with Gasteiger partial charge in [0.2, 0.25) is 5.91 Å². The lowest BCUT2D eigenvalue weighted by molar-refractivity contribution is -0.134. The van der Waals surface area contributed by atoms with Crippen molar-refractivity contribution in [2.24, 2.45) is 11.1 Å². The molecule has 5 heteroatoms. The zero-order valence-electron chi connectivity index (χ0n) is 12.1. The minimum atomic E-state index is -0.511. The van der Waals surface area contributed by atoms with E-state index in [1.54, 1.807) is 11.9 Å². The van der Waals surface area contributed by atoms with Crippen molar-refractivity contribution >= 4 is 5.91 Å². The molecule has 0 saturated carbocycles. The molecule has 2 N–H and O–H groups in total. The minimum Gasteiger partial charge on any atom is -0.361 e. The van der Waals surface area contributed by atoms with E-state index in [0.717, 1.165) is 17.0 Å². The number of hydrogen-bond donors (Lipinski definition) is 1. The quantitative estimate of drug-likeness (QED) is 0.888. The zero-order valence-corrected chi connectivity index (χ0v) is 12.1. The number of nitrogens with zero attached hydrogens (tertiary/aromatic N) is 2. The first-order valence-corrected chi connectivity index (χ1v) is 6.07. The van der Waals surface area contributed by atoms with Crippen molar-refractivity contribution in [2.75, 3.05) is 7.05 Å². The second-order valence-corrected chi connectivity index (χ2v) is 5.84. The maximum absolute atomic E-state index is 12.2. The van der Waals surface area contributed by atoms with Crippen molar-refractivity contribution < 1.29 is 9.32 Å². The Labute approximate surface area is 108 Å². The van der Waals surface area contributed by atoms with Crippen LogP contribution in [0.3, 0.4) is 0 Å². The number of rotatable bonds is 3. The molecular formula is C13H23N3O2. The third kappa shape index (κ3) is 3.10. The molecule has 0 aliphatic heterocycles. The summed E-state index contributed by atoms with van der Waals surface area (Å²) < 4.78 is 5.08. The van der Waals surface area contributed by atoms with Crippen LogP contribution in [-0.4, -0.2) is 29.1 Å². The maximum atomic E-state index is 12.2. The van der Waals surface area contributed by atoms with Gasteiger partial charge < -0.3 is 15.2 Å². The Morgan fingerprint density at radius 1 is 1.44 bits per heavy atom. The van der Waals surface area contributed by atoms with Gasteiger partial charge in [0.05, 0.1) is 18.3 Å². The molecule has 1 aromatic rings. The molecule has 18 heavy (non-hydrogen) atoms. The van der Waals surface area contributed by atoms with Gasteiger partial charge in [0.1, 0.15) is 5.76 Å². The van der Waals surface area contributed by atoms with Gasteiger partial charge in [0.25, 0.3) is 0 Å². The molecular weight excluding hydrogens is 230 g/mol. The average molecular weight is 253 g/mol. The average Bonchev–Trinajstić information content (AvgIpc) is 2.57. The number of likely N-dealkylation sites (N-methyl/N-ethyl adjacent to an activating group) is 1. The largest absolute Gasteiger partial charge is 0.361 e. The molecule has 0 radical (unpaired) electrons. The Morgan fingerprint density at radius 2 is 2.00 bits per heavy atom. The van der Waals surface area contributed by atoms with E-state index < -0.39 is 6.04 Å². The van der Waals surface area contributed by atoms with E-state index in [2.05, 4.69) is 5.16 Å². The highest BCUT2D eigenvalue weighted by Gasteiger charge is 2.30. The molecule has 0 saturated heterocycles. The van der Waals surface area contributed by atoms with Gasteiger partial charge in [-0.1, -0.05) is 25.9 Å². The molecule has 0 unspecified atom stereocenters. The first-order valence-electron chi connectivity index (χ1n) is 6.07. The lowest BCUT2D eigenvalue weighted by Gasteiger charge is -2.30. The molecule has 1 atom stereocenters. The number of carbonyl (C=O) groups is 1. The third-order valence-electron chi connectivity index (χ3n) is 3.15. The number of hydrogen-bond acceptors (Lipinski definition) is 4. The zero-order chi connectivity index (χ0) is 14.1. The Kier molecular flexibility index (Phi) is 4.16. The molecule has 1 aromatic heterocycles. The fourth-order valence-corrected chi connectivity index (χ4v) is 1.65. The minimum absolute atomic E-state index is 0.0671. The fourth-order valence-electron chi connectivity index (χ4n) is 1.65. The van der Waals surface area contributed by atoms with Gasteiger partial charge in [-0.25, -0.2) is 0 Å². The van der Waals surface area contributed by atoms with Crippen molar-refractivity contribution in [3.63, 3.8) is 0 Å². The summed E-state index contributed by atoms with van der Waals surface area (Å²) in [5.74, 6) is 0.680. The summed E-state index contributed by atoms with van der Waals surface area (Å²) in [4.78, 5) is 13.8. The molecule has 1 heterocycles. The number of aryl methyl sites for hydroxylation is 2. The molecule has 1 amide bonds. The molecule has 0 aliphatic rings. The normalized spacial score (nSPS) is 13.5. The number of carbonyl (C=O) groups excluding carboxylic acids is 1. The van der Waals surface area contributed by atoms with Crippen LogP contribution in [0.4, 0.5) is 0 Å². The van der Waals surface area contributed by atoms with E-state index in [4.69, 9.17) is 10.3 Å². The van der Waals surface area contributed by atoms with Gasteiger partial charge in [-0.2, -0.15) is 0 Å². The summed E-state index contributed by atoms with van der Waals surface area (Å²) >= 11 is 0. The Bertz CT molecular complexity index is 412. The summed E-state index contributed by atoms with van der Waals surface area (Å²) in [5.41, 5.74) is 7.49. The lowest BCUT2D eigenvalue weighted by Crippen LogP contribution is -2.49. The molecule has 0 fully saturated rings. The van der Waals surface area contributed by atoms with Gasteiger partial charge in [-0.15, -0.1) is 0 Å². The summed E-state index contributed by atoms with van der Waals surface area (Å²) in [6.45, 7) is 10.1. The second kappa shape index (κ2) is 5.10. The van der Waals surface area contributed by atoms with Crippen molar-refractivity contribution in [2.45, 2.75) is 47.2 Å². The van der Waals surface area contributed by atoms with E-state index in [-0.39, 0.29) is 11.3 Å². The van der Waals surface area contributed by atoms with Crippen LogP contribution in [0.2, 0.25) is 0 Å². The highest BCUT2D eigenvalue weighted by atomic mass is 16.5. The van der Waals surface area contributed by atoms with Crippen LogP contribution in [0.15, 0.2) is 4.52 Å². The van der Waals surface area contributed by atoms with E-state index >= 15 is 0 Å². The van der Waals surface area contributed by atoms with Crippen LogP contribution in [0.25, 0.3) is 0 Å². The smallest absolute Gasteiger partial charge is 0.240 e. The summed E-state index contributed by atoms with van der Waals surface area (Å²) in [6, 6.07) is -0.511. The molecule has 102 valence electrons. The summed E-state index contributed by atoms with van der Waals surface area (Å²) in [6.07, 6.45) is 0. The molecule has 0 aromatic carbocycles. The fraction of sp³-hybridized carbons (Fsp3) is 0.692. The monoisotopic (exact) mass is 253 g/mol. The van der Waals surface area contributed by atoms with Crippen LogP contribution in [0.5, 0.6) is 0 Å².